The quantitative estimate of drug-likeness (QED) is 0.441. The zero-order valence-electron chi connectivity index (χ0n) is 17.6. The third kappa shape index (κ3) is 8.37. The summed E-state index contributed by atoms with van der Waals surface area (Å²) < 4.78 is 22.5. The minimum Gasteiger partial charge on any atom is -0.460 e. The number of unbranched alkanes of at least 4 members (excludes halogenated alkanes) is 2. The lowest BCUT2D eigenvalue weighted by atomic mass is 10.2. The molecule has 1 aromatic rings. The van der Waals surface area contributed by atoms with Gasteiger partial charge in [-0.1, -0.05) is 6.42 Å². The van der Waals surface area contributed by atoms with Crippen molar-refractivity contribution in [3.63, 3.8) is 0 Å². The van der Waals surface area contributed by atoms with E-state index in [1.165, 1.54) is 16.8 Å². The molecule has 2 heterocycles. The number of anilines is 1. The minimum absolute atomic E-state index is 0.0628. The van der Waals surface area contributed by atoms with Crippen LogP contribution in [0.15, 0.2) is 17.1 Å². The Morgan fingerprint density at radius 2 is 2.10 bits per heavy atom. The van der Waals surface area contributed by atoms with E-state index in [1.807, 2.05) is 0 Å². The van der Waals surface area contributed by atoms with E-state index in [1.54, 1.807) is 20.8 Å². The minimum atomic E-state index is -0.749. The highest BCUT2D eigenvalue weighted by Crippen LogP contribution is 2.20. The molecule has 1 amide bonds. The van der Waals surface area contributed by atoms with Crippen LogP contribution in [-0.4, -0.2) is 53.3 Å². The summed E-state index contributed by atoms with van der Waals surface area (Å²) in [5, 5.41) is 2.67. The van der Waals surface area contributed by atoms with Gasteiger partial charge in [-0.2, -0.15) is 4.98 Å². The molecule has 0 unspecified atom stereocenters. The van der Waals surface area contributed by atoms with Crippen LogP contribution < -0.4 is 16.7 Å². The van der Waals surface area contributed by atoms with Crippen LogP contribution in [0.25, 0.3) is 0 Å². The van der Waals surface area contributed by atoms with Crippen molar-refractivity contribution in [3.05, 3.63) is 22.7 Å². The molecule has 168 valence electrons. The van der Waals surface area contributed by atoms with Crippen molar-refractivity contribution in [2.75, 3.05) is 25.5 Å². The zero-order valence-corrected chi connectivity index (χ0v) is 17.6. The number of hydrogen-bond acceptors (Lipinski definition) is 9. The van der Waals surface area contributed by atoms with Crippen molar-refractivity contribution in [2.24, 2.45) is 0 Å². The van der Waals surface area contributed by atoms with Gasteiger partial charge in [0.15, 0.2) is 12.5 Å². The summed E-state index contributed by atoms with van der Waals surface area (Å²) in [5.41, 5.74) is 4.39. The van der Waals surface area contributed by atoms with E-state index in [9.17, 15) is 14.4 Å². The Morgan fingerprint density at radius 1 is 1.33 bits per heavy atom. The first-order valence-corrected chi connectivity index (χ1v) is 9.88. The maximum atomic E-state index is 11.8. The molecular formula is C19H30N4O7. The van der Waals surface area contributed by atoms with Crippen LogP contribution in [0.1, 0.15) is 52.7 Å². The summed E-state index contributed by atoms with van der Waals surface area (Å²) in [6.45, 7) is 5.96. The largest absolute Gasteiger partial charge is 0.460 e. The highest BCUT2D eigenvalue weighted by molar-refractivity contribution is 5.69. The molecule has 2 atom stereocenters. The van der Waals surface area contributed by atoms with E-state index in [0.29, 0.717) is 13.0 Å². The maximum absolute atomic E-state index is 11.8. The third-order valence-corrected chi connectivity index (χ3v) is 4.00. The molecule has 1 saturated heterocycles. The number of ether oxygens (including phenoxy) is 4. The van der Waals surface area contributed by atoms with Gasteiger partial charge in [0.25, 0.3) is 0 Å². The van der Waals surface area contributed by atoms with Gasteiger partial charge in [-0.3, -0.25) is 9.36 Å². The van der Waals surface area contributed by atoms with Crippen LogP contribution in [0.4, 0.5) is 10.6 Å². The van der Waals surface area contributed by atoms with Gasteiger partial charge in [-0.05, 0) is 39.7 Å². The highest BCUT2D eigenvalue weighted by atomic mass is 16.7. The predicted octanol–water partition coefficient (Wildman–Crippen LogP) is 1.33. The number of esters is 1. The first kappa shape index (κ1) is 23.6. The summed E-state index contributed by atoms with van der Waals surface area (Å²) in [7, 11) is 0. The van der Waals surface area contributed by atoms with Crippen molar-refractivity contribution < 1.29 is 28.5 Å². The molecule has 11 heteroatoms. The van der Waals surface area contributed by atoms with Gasteiger partial charge in [-0.25, -0.2) is 9.59 Å². The van der Waals surface area contributed by atoms with E-state index in [4.69, 9.17) is 24.7 Å². The first-order chi connectivity index (χ1) is 14.1. The van der Waals surface area contributed by atoms with Crippen molar-refractivity contribution in [3.8, 4) is 0 Å². The SMILES string of the molecule is CC(C)(C)OC(=O)NCCCCCC(=O)OC[C@H]1OC[C@@H](n2ccc(N)nc2=O)O1. The van der Waals surface area contributed by atoms with Crippen LogP contribution in [0.3, 0.4) is 0 Å². The van der Waals surface area contributed by atoms with Gasteiger partial charge in [0.2, 0.25) is 0 Å². The van der Waals surface area contributed by atoms with E-state index in [-0.39, 0.29) is 31.4 Å². The molecule has 0 bridgehead atoms. The molecule has 11 nitrogen and oxygen atoms in total. The molecule has 0 spiro atoms. The van der Waals surface area contributed by atoms with Crippen LogP contribution in [0, 0.1) is 0 Å². The molecule has 0 aliphatic carbocycles. The van der Waals surface area contributed by atoms with E-state index in [0.717, 1.165) is 12.8 Å². The predicted molar refractivity (Wildman–Crippen MR) is 106 cm³/mol. The molecule has 30 heavy (non-hydrogen) atoms. The number of nitrogens with two attached hydrogens (primary N) is 1. The topological polar surface area (TPSA) is 144 Å². The standard InChI is InChI=1S/C19H30N4O7/c1-19(2,3)30-18(26)21-9-6-4-5-7-15(24)27-12-16-28-11-14(29-16)23-10-8-13(20)22-17(23)25/h8,10,14,16H,4-7,9,11-12H2,1-3H3,(H,21,26)(H2,20,22,25)/t14-,16-/m0/s1. The molecule has 1 aliphatic heterocycles. The number of rotatable bonds is 9. The molecule has 1 aliphatic rings. The average Bonchev–Trinajstić information content (AvgIpc) is 3.10. The van der Waals surface area contributed by atoms with Crippen LogP contribution in [0.5, 0.6) is 0 Å². The van der Waals surface area contributed by atoms with E-state index in [2.05, 4.69) is 10.3 Å². The van der Waals surface area contributed by atoms with Gasteiger partial charge in [0.1, 0.15) is 18.0 Å². The second-order valence-electron chi connectivity index (χ2n) is 7.82. The number of alkyl carbamates (subject to hydrolysis) is 1. The van der Waals surface area contributed by atoms with Gasteiger partial charge in [0, 0.05) is 19.2 Å². The maximum Gasteiger partial charge on any atom is 0.407 e. The number of hydrogen-bond donors (Lipinski definition) is 2. The molecule has 0 radical (unpaired) electrons. The van der Waals surface area contributed by atoms with Gasteiger partial charge in [0.05, 0.1) is 6.61 Å². The monoisotopic (exact) mass is 426 g/mol. The average molecular weight is 426 g/mol. The summed E-state index contributed by atoms with van der Waals surface area (Å²) in [5.74, 6) is -0.238. The molecular weight excluding hydrogens is 396 g/mol. The number of carbonyl (C=O) groups excluding carboxylic acids is 2. The number of amides is 1. The zero-order chi connectivity index (χ0) is 22.1. The molecule has 0 saturated carbocycles. The third-order valence-electron chi connectivity index (χ3n) is 4.00. The fourth-order valence-corrected chi connectivity index (χ4v) is 2.63. The van der Waals surface area contributed by atoms with Crippen molar-refractivity contribution in [2.45, 2.75) is 64.6 Å². The fraction of sp³-hybridized carbons (Fsp3) is 0.684. The number of aromatic nitrogens is 2. The lowest BCUT2D eigenvalue weighted by Gasteiger charge is -2.19. The summed E-state index contributed by atoms with van der Waals surface area (Å²) in [4.78, 5) is 38.8. The number of nitrogens with zero attached hydrogens (tertiary/aromatic N) is 2. The summed E-state index contributed by atoms with van der Waals surface area (Å²) in [6, 6.07) is 1.49. The molecule has 3 N–H and O–H groups in total. The van der Waals surface area contributed by atoms with Crippen LogP contribution >= 0.6 is 0 Å². The second-order valence-corrected chi connectivity index (χ2v) is 7.82. The Labute approximate surface area is 174 Å². The van der Waals surface area contributed by atoms with Gasteiger partial charge >= 0.3 is 17.8 Å². The molecule has 0 aromatic carbocycles. The van der Waals surface area contributed by atoms with Crippen molar-refractivity contribution in [1.29, 1.82) is 0 Å². The summed E-state index contributed by atoms with van der Waals surface area (Å²) in [6.07, 6.45) is 2.01. The smallest absolute Gasteiger partial charge is 0.407 e. The lowest BCUT2D eigenvalue weighted by molar-refractivity contribution is -0.159. The first-order valence-electron chi connectivity index (χ1n) is 9.88. The van der Waals surface area contributed by atoms with Crippen LogP contribution in [0.2, 0.25) is 0 Å². The Kier molecular flexibility index (Phi) is 8.60. The van der Waals surface area contributed by atoms with Crippen molar-refractivity contribution in [1.82, 2.24) is 14.9 Å². The van der Waals surface area contributed by atoms with Gasteiger partial charge in [-0.15, -0.1) is 0 Å². The van der Waals surface area contributed by atoms with E-state index >= 15 is 0 Å². The molecule has 1 fully saturated rings. The second kappa shape index (κ2) is 10.9. The van der Waals surface area contributed by atoms with E-state index < -0.39 is 29.9 Å². The number of nitrogen functional groups attached to an aromatic ring is 1. The Hall–Kier alpha value is -2.66. The Morgan fingerprint density at radius 3 is 2.80 bits per heavy atom. The molecule has 2 rings (SSSR count). The Balaban J connectivity index is 1.55. The molecule has 1 aromatic heterocycles. The number of nitrogens with one attached hydrogen (secondary N) is 1. The fourth-order valence-electron chi connectivity index (χ4n) is 2.63. The normalized spacial score (nSPS) is 18.8. The Bertz CT molecular complexity index is 775. The number of carbonyl (C=O) groups is 2. The van der Waals surface area contributed by atoms with Gasteiger partial charge < -0.3 is 30.0 Å². The van der Waals surface area contributed by atoms with Crippen LogP contribution in [-0.2, 0) is 23.7 Å². The summed E-state index contributed by atoms with van der Waals surface area (Å²) >= 11 is 0. The highest BCUT2D eigenvalue weighted by Gasteiger charge is 2.29. The van der Waals surface area contributed by atoms with Crippen molar-refractivity contribution >= 4 is 17.9 Å². The lowest BCUT2D eigenvalue weighted by Crippen LogP contribution is -2.33.